The zero-order valence-corrected chi connectivity index (χ0v) is 17.1. The van der Waals surface area contributed by atoms with Crippen LogP contribution in [0.4, 0.5) is 0 Å². The van der Waals surface area contributed by atoms with Crippen molar-refractivity contribution in [1.82, 2.24) is 4.90 Å². The molecule has 0 saturated heterocycles. The highest BCUT2D eigenvalue weighted by Crippen LogP contribution is 2.15. The van der Waals surface area contributed by atoms with Crippen LogP contribution in [0.15, 0.2) is 0 Å². The summed E-state index contributed by atoms with van der Waals surface area (Å²) in [7, 11) is 0.127. The molecule has 24 heavy (non-hydrogen) atoms. The van der Waals surface area contributed by atoms with Crippen LogP contribution in [-0.4, -0.2) is 43.8 Å². The van der Waals surface area contributed by atoms with E-state index in [0.29, 0.717) is 6.42 Å². The van der Waals surface area contributed by atoms with Gasteiger partial charge in [-0.25, -0.2) is 0 Å². The molecule has 4 nitrogen and oxygen atoms in total. The number of nitrogens with zero attached hydrogens (tertiary/aromatic N) is 1. The van der Waals surface area contributed by atoms with Gasteiger partial charge < -0.3 is 4.90 Å². The molecule has 0 bridgehead atoms. The number of hydrogen-bond donors (Lipinski definition) is 1. The third kappa shape index (κ3) is 16.7. The molecule has 0 heterocycles. The molecule has 0 aromatic rings. The van der Waals surface area contributed by atoms with Gasteiger partial charge in [0.25, 0.3) is 10.1 Å². The Hall–Kier alpha value is -0.130. The lowest BCUT2D eigenvalue weighted by Gasteiger charge is -2.23. The van der Waals surface area contributed by atoms with Crippen molar-refractivity contribution in [3.63, 3.8) is 0 Å². The van der Waals surface area contributed by atoms with Crippen molar-refractivity contribution >= 4 is 10.1 Å². The van der Waals surface area contributed by atoms with E-state index in [1.54, 1.807) is 0 Å². The van der Waals surface area contributed by atoms with Gasteiger partial charge in [-0.1, -0.05) is 84.0 Å². The van der Waals surface area contributed by atoms with Gasteiger partial charge >= 0.3 is 0 Å². The van der Waals surface area contributed by atoms with Crippen molar-refractivity contribution in [1.29, 1.82) is 0 Å². The monoisotopic (exact) mass is 363 g/mol. The molecule has 0 saturated carbocycles. The van der Waals surface area contributed by atoms with E-state index in [-0.39, 0.29) is 11.8 Å². The second kappa shape index (κ2) is 15.2. The van der Waals surface area contributed by atoms with Gasteiger partial charge in [-0.3, -0.25) is 4.55 Å². The van der Waals surface area contributed by atoms with Gasteiger partial charge in [0.1, 0.15) is 0 Å². The van der Waals surface area contributed by atoms with Crippen molar-refractivity contribution < 1.29 is 13.0 Å². The minimum absolute atomic E-state index is 0.131. The van der Waals surface area contributed by atoms with E-state index in [1.165, 1.54) is 70.6 Å². The molecular formula is C19H41NO3S. The first-order chi connectivity index (χ1) is 11.4. The second-order valence-electron chi connectivity index (χ2n) is 7.37. The first kappa shape index (κ1) is 23.9. The lowest BCUT2D eigenvalue weighted by molar-refractivity contribution is 0.264. The lowest BCUT2D eigenvalue weighted by atomic mass is 10.0. The Morgan fingerprint density at radius 1 is 0.750 bits per heavy atom. The molecule has 0 spiro atoms. The summed E-state index contributed by atoms with van der Waals surface area (Å²) in [5, 5.41) is 0. The number of unbranched alkanes of at least 4 members (excludes halogenated alkanes) is 11. The van der Waals surface area contributed by atoms with Crippen LogP contribution in [0.2, 0.25) is 0 Å². The minimum atomic E-state index is -3.84. The second-order valence-corrected chi connectivity index (χ2v) is 8.94. The molecule has 0 aliphatic carbocycles. The van der Waals surface area contributed by atoms with Crippen LogP contribution in [-0.2, 0) is 10.1 Å². The Labute approximate surface area is 151 Å². The van der Waals surface area contributed by atoms with Gasteiger partial charge in [-0.15, -0.1) is 0 Å². The Kier molecular flexibility index (Phi) is 15.1. The molecule has 0 rings (SSSR count). The fourth-order valence-electron chi connectivity index (χ4n) is 3.17. The molecule has 0 aromatic carbocycles. The van der Waals surface area contributed by atoms with Crippen LogP contribution in [0.5, 0.6) is 0 Å². The van der Waals surface area contributed by atoms with Crippen LogP contribution in [0, 0.1) is 0 Å². The maximum atomic E-state index is 10.9. The molecule has 146 valence electrons. The lowest BCUT2D eigenvalue weighted by Crippen LogP contribution is -2.30. The largest absolute Gasteiger partial charge is 0.306 e. The summed E-state index contributed by atoms with van der Waals surface area (Å²) in [5.41, 5.74) is 0. The van der Waals surface area contributed by atoms with Crippen molar-refractivity contribution in [2.45, 2.75) is 103 Å². The third-order valence-electron chi connectivity index (χ3n) is 4.83. The van der Waals surface area contributed by atoms with Gasteiger partial charge in [0.15, 0.2) is 0 Å². The van der Waals surface area contributed by atoms with Gasteiger partial charge in [-0.2, -0.15) is 8.42 Å². The minimum Gasteiger partial charge on any atom is -0.306 e. The maximum Gasteiger partial charge on any atom is 0.264 e. The molecule has 0 aliphatic rings. The van der Waals surface area contributed by atoms with E-state index in [4.69, 9.17) is 4.55 Å². The maximum absolute atomic E-state index is 10.9. The molecule has 5 heteroatoms. The summed E-state index contributed by atoms with van der Waals surface area (Å²) >= 11 is 0. The summed E-state index contributed by atoms with van der Waals surface area (Å²) < 4.78 is 30.6. The SMILES string of the molecule is CCCCCCCCCCCCCCC(CCS(=O)(=O)O)N(C)C. The molecule has 0 aliphatic heterocycles. The van der Waals surface area contributed by atoms with Crippen LogP contribution in [0.1, 0.15) is 96.8 Å². The summed E-state index contributed by atoms with van der Waals surface area (Å²) in [5.74, 6) is -0.131. The fraction of sp³-hybridized carbons (Fsp3) is 1.00. The molecule has 1 N–H and O–H groups in total. The Morgan fingerprint density at radius 2 is 1.17 bits per heavy atom. The molecule has 1 atom stereocenters. The Bertz CT molecular complexity index is 369. The number of rotatable bonds is 17. The summed E-state index contributed by atoms with van der Waals surface area (Å²) in [6, 6.07) is 0.245. The van der Waals surface area contributed by atoms with E-state index in [9.17, 15) is 8.42 Å². The first-order valence-electron chi connectivity index (χ1n) is 9.98. The summed E-state index contributed by atoms with van der Waals surface area (Å²) in [6.07, 6.45) is 17.6. The average molecular weight is 364 g/mol. The van der Waals surface area contributed by atoms with E-state index in [2.05, 4.69) is 11.8 Å². The molecular weight excluding hydrogens is 322 g/mol. The Morgan fingerprint density at radius 3 is 1.54 bits per heavy atom. The van der Waals surface area contributed by atoms with E-state index >= 15 is 0 Å². The fourth-order valence-corrected chi connectivity index (χ4v) is 3.74. The summed E-state index contributed by atoms with van der Waals surface area (Å²) in [6.45, 7) is 2.26. The molecule has 0 fully saturated rings. The highest BCUT2D eigenvalue weighted by Gasteiger charge is 2.15. The molecule has 0 radical (unpaired) electrons. The standard InChI is InChI=1S/C19H41NO3S/c1-4-5-6-7-8-9-10-11-12-13-14-15-16-19(20(2)3)17-18-24(21,22)23/h19H,4-18H2,1-3H3,(H,21,22,23). The highest BCUT2D eigenvalue weighted by atomic mass is 32.2. The van der Waals surface area contributed by atoms with Crippen LogP contribution in [0.25, 0.3) is 0 Å². The van der Waals surface area contributed by atoms with Gasteiger partial charge in [0, 0.05) is 6.04 Å². The van der Waals surface area contributed by atoms with Crippen LogP contribution < -0.4 is 0 Å². The Balaban J connectivity index is 3.49. The molecule has 0 aromatic heterocycles. The molecule has 0 amide bonds. The smallest absolute Gasteiger partial charge is 0.264 e. The zero-order valence-electron chi connectivity index (χ0n) is 16.3. The highest BCUT2D eigenvalue weighted by molar-refractivity contribution is 7.85. The van der Waals surface area contributed by atoms with E-state index in [1.807, 2.05) is 14.1 Å². The van der Waals surface area contributed by atoms with E-state index in [0.717, 1.165) is 12.8 Å². The van der Waals surface area contributed by atoms with Gasteiger partial charge in [-0.05, 0) is 26.9 Å². The predicted octanol–water partition coefficient (Wildman–Crippen LogP) is 5.29. The normalized spacial score (nSPS) is 13.5. The average Bonchev–Trinajstić information content (AvgIpc) is 2.49. The van der Waals surface area contributed by atoms with E-state index < -0.39 is 10.1 Å². The molecule has 1 unspecified atom stereocenters. The van der Waals surface area contributed by atoms with Crippen molar-refractivity contribution in [3.05, 3.63) is 0 Å². The topological polar surface area (TPSA) is 57.6 Å². The summed E-state index contributed by atoms with van der Waals surface area (Å²) in [4.78, 5) is 2.07. The quantitative estimate of drug-likeness (QED) is 0.282. The number of hydrogen-bond acceptors (Lipinski definition) is 3. The van der Waals surface area contributed by atoms with Crippen LogP contribution in [0.3, 0.4) is 0 Å². The van der Waals surface area contributed by atoms with Gasteiger partial charge in [0.05, 0.1) is 5.75 Å². The zero-order chi connectivity index (χ0) is 18.3. The van der Waals surface area contributed by atoms with Crippen LogP contribution >= 0.6 is 0 Å². The van der Waals surface area contributed by atoms with Gasteiger partial charge in [0.2, 0.25) is 0 Å². The third-order valence-corrected chi connectivity index (χ3v) is 5.58. The van der Waals surface area contributed by atoms with Crippen molar-refractivity contribution in [2.24, 2.45) is 0 Å². The van der Waals surface area contributed by atoms with Crippen molar-refractivity contribution in [3.8, 4) is 0 Å². The first-order valence-corrected chi connectivity index (χ1v) is 11.6. The predicted molar refractivity (Wildman–Crippen MR) is 104 cm³/mol. The van der Waals surface area contributed by atoms with Crippen molar-refractivity contribution in [2.75, 3.05) is 19.8 Å².